The third kappa shape index (κ3) is 2.92. The first-order chi connectivity index (χ1) is 8.79. The summed E-state index contributed by atoms with van der Waals surface area (Å²) in [6.45, 7) is 0. The highest BCUT2D eigenvalue weighted by atomic mass is 16.5. The maximum absolute atomic E-state index is 11.3. The number of esters is 1. The van der Waals surface area contributed by atoms with E-state index in [-0.39, 0.29) is 5.69 Å². The van der Waals surface area contributed by atoms with Gasteiger partial charge in [0.2, 0.25) is 0 Å². The molecule has 2 rings (SSSR count). The van der Waals surface area contributed by atoms with E-state index >= 15 is 0 Å². The normalized spacial score (nSPS) is 9.17. The first-order valence-corrected chi connectivity index (χ1v) is 5.26. The van der Waals surface area contributed by atoms with E-state index in [2.05, 4.69) is 26.5 Å². The molecule has 0 spiro atoms. The molecule has 4 heteroatoms. The summed E-state index contributed by atoms with van der Waals surface area (Å²) >= 11 is 0. The fraction of sp³-hybridized carbons (Fsp3) is 0.0714. The first kappa shape index (κ1) is 11.8. The van der Waals surface area contributed by atoms with Gasteiger partial charge in [0.05, 0.1) is 7.11 Å². The van der Waals surface area contributed by atoms with Gasteiger partial charge in [-0.3, -0.25) is 4.98 Å². The van der Waals surface area contributed by atoms with Crippen LogP contribution in [0.2, 0.25) is 0 Å². The van der Waals surface area contributed by atoms with Crippen LogP contribution in [0.15, 0.2) is 42.9 Å². The van der Waals surface area contributed by atoms with Crippen LogP contribution < -0.4 is 0 Å². The molecule has 0 saturated carbocycles. The highest BCUT2D eigenvalue weighted by molar-refractivity contribution is 5.87. The van der Waals surface area contributed by atoms with Crippen LogP contribution in [-0.2, 0) is 4.74 Å². The molecular formula is C14H10N2O2. The summed E-state index contributed by atoms with van der Waals surface area (Å²) in [6.07, 6.45) is 4.88. The van der Waals surface area contributed by atoms with Gasteiger partial charge >= 0.3 is 5.97 Å². The largest absolute Gasteiger partial charge is 0.464 e. The lowest BCUT2D eigenvalue weighted by Gasteiger charge is -1.97. The number of aromatic nitrogens is 2. The van der Waals surface area contributed by atoms with E-state index in [4.69, 9.17) is 0 Å². The van der Waals surface area contributed by atoms with E-state index < -0.39 is 5.97 Å². The Morgan fingerprint density at radius 2 is 1.78 bits per heavy atom. The van der Waals surface area contributed by atoms with E-state index in [1.165, 1.54) is 13.3 Å². The number of hydrogen-bond acceptors (Lipinski definition) is 4. The minimum Gasteiger partial charge on any atom is -0.464 e. The van der Waals surface area contributed by atoms with Crippen molar-refractivity contribution in [2.45, 2.75) is 0 Å². The van der Waals surface area contributed by atoms with Crippen LogP contribution in [0, 0.1) is 11.8 Å². The summed E-state index contributed by atoms with van der Waals surface area (Å²) in [5.74, 6) is 5.46. The lowest BCUT2D eigenvalue weighted by molar-refractivity contribution is 0.0594. The molecule has 0 saturated heterocycles. The van der Waals surface area contributed by atoms with Crippen molar-refractivity contribution in [3.05, 3.63) is 59.7 Å². The molecule has 0 atom stereocenters. The van der Waals surface area contributed by atoms with Gasteiger partial charge in [-0.05, 0) is 24.3 Å². The highest BCUT2D eigenvalue weighted by Crippen LogP contribution is 2.02. The van der Waals surface area contributed by atoms with E-state index in [1.54, 1.807) is 24.5 Å². The number of carbonyl (C=O) groups excluding carboxylic acids is 1. The van der Waals surface area contributed by atoms with Crippen molar-refractivity contribution in [2.75, 3.05) is 7.11 Å². The molecule has 0 unspecified atom stereocenters. The number of hydrogen-bond donors (Lipinski definition) is 0. The molecule has 88 valence electrons. The van der Waals surface area contributed by atoms with Crippen LogP contribution in [-0.4, -0.2) is 23.0 Å². The van der Waals surface area contributed by atoms with Crippen LogP contribution in [0.5, 0.6) is 0 Å². The van der Waals surface area contributed by atoms with Crippen molar-refractivity contribution >= 4 is 5.97 Å². The van der Waals surface area contributed by atoms with E-state index in [0.717, 1.165) is 5.56 Å². The summed E-state index contributed by atoms with van der Waals surface area (Å²) in [5, 5.41) is 0. The molecule has 0 bridgehead atoms. The smallest absolute Gasteiger partial charge is 0.356 e. The number of carbonyl (C=O) groups is 1. The topological polar surface area (TPSA) is 52.1 Å². The average Bonchev–Trinajstić information content (AvgIpc) is 2.45. The second-order valence-electron chi connectivity index (χ2n) is 3.41. The zero-order chi connectivity index (χ0) is 12.8. The number of nitrogens with zero attached hydrogens (tertiary/aromatic N) is 2. The quantitative estimate of drug-likeness (QED) is 0.560. The Balaban J connectivity index is 2.25. The highest BCUT2D eigenvalue weighted by Gasteiger charge is 2.06. The van der Waals surface area contributed by atoms with Gasteiger partial charge < -0.3 is 4.74 Å². The predicted molar refractivity (Wildman–Crippen MR) is 65.8 cm³/mol. The van der Waals surface area contributed by atoms with Gasteiger partial charge in [0.1, 0.15) is 5.69 Å². The van der Waals surface area contributed by atoms with Crippen molar-refractivity contribution < 1.29 is 9.53 Å². The standard InChI is InChI=1S/C14H10N2O2/c1-18-14(17)13-10-12(6-9-16-13)3-2-11-4-7-15-8-5-11/h4-10H,1H3. The number of rotatable bonds is 1. The number of ether oxygens (including phenoxy) is 1. The van der Waals surface area contributed by atoms with Gasteiger partial charge in [-0.25, -0.2) is 9.78 Å². The van der Waals surface area contributed by atoms with Crippen LogP contribution in [0.4, 0.5) is 0 Å². The van der Waals surface area contributed by atoms with Crippen molar-refractivity contribution in [2.24, 2.45) is 0 Å². The molecule has 0 aliphatic carbocycles. The fourth-order valence-corrected chi connectivity index (χ4v) is 1.30. The van der Waals surface area contributed by atoms with Gasteiger partial charge in [0.15, 0.2) is 0 Å². The summed E-state index contributed by atoms with van der Waals surface area (Å²) in [4.78, 5) is 19.1. The Bertz CT molecular complexity index is 612. The molecule has 0 aliphatic rings. The Morgan fingerprint density at radius 1 is 1.11 bits per heavy atom. The maximum atomic E-state index is 11.3. The Hall–Kier alpha value is -2.67. The molecule has 0 radical (unpaired) electrons. The number of methoxy groups -OCH3 is 1. The third-order valence-corrected chi connectivity index (χ3v) is 2.19. The van der Waals surface area contributed by atoms with Crippen molar-refractivity contribution in [1.29, 1.82) is 0 Å². The van der Waals surface area contributed by atoms with Crippen molar-refractivity contribution in [3.63, 3.8) is 0 Å². The molecule has 4 nitrogen and oxygen atoms in total. The molecule has 2 heterocycles. The summed E-state index contributed by atoms with van der Waals surface area (Å²) in [7, 11) is 1.32. The molecule has 0 aliphatic heterocycles. The van der Waals surface area contributed by atoms with Gasteiger partial charge in [-0.15, -0.1) is 0 Å². The Labute approximate surface area is 105 Å². The van der Waals surface area contributed by atoms with Crippen LogP contribution in [0.1, 0.15) is 21.6 Å². The van der Waals surface area contributed by atoms with Crippen LogP contribution >= 0.6 is 0 Å². The minimum atomic E-state index is -0.470. The SMILES string of the molecule is COC(=O)c1cc(C#Cc2ccncc2)ccn1. The molecule has 0 amide bonds. The number of pyridine rings is 2. The van der Waals surface area contributed by atoms with Gasteiger partial charge in [-0.2, -0.15) is 0 Å². The van der Waals surface area contributed by atoms with E-state index in [0.29, 0.717) is 5.56 Å². The van der Waals surface area contributed by atoms with Crippen LogP contribution in [0.25, 0.3) is 0 Å². The van der Waals surface area contributed by atoms with Gasteiger partial charge in [-0.1, -0.05) is 11.8 Å². The fourth-order valence-electron chi connectivity index (χ4n) is 1.30. The molecular weight excluding hydrogens is 228 g/mol. The Kier molecular flexibility index (Phi) is 3.67. The predicted octanol–water partition coefficient (Wildman–Crippen LogP) is 1.66. The van der Waals surface area contributed by atoms with Crippen molar-refractivity contribution in [1.82, 2.24) is 9.97 Å². The summed E-state index contributed by atoms with van der Waals surface area (Å²) < 4.78 is 4.60. The first-order valence-electron chi connectivity index (χ1n) is 5.26. The van der Waals surface area contributed by atoms with E-state index in [9.17, 15) is 4.79 Å². The maximum Gasteiger partial charge on any atom is 0.356 e. The molecule has 0 fully saturated rings. The third-order valence-electron chi connectivity index (χ3n) is 2.19. The summed E-state index contributed by atoms with van der Waals surface area (Å²) in [6, 6.07) is 6.96. The lowest BCUT2D eigenvalue weighted by Crippen LogP contribution is -2.03. The van der Waals surface area contributed by atoms with Gasteiger partial charge in [0.25, 0.3) is 0 Å². The van der Waals surface area contributed by atoms with Crippen LogP contribution in [0.3, 0.4) is 0 Å². The van der Waals surface area contributed by atoms with Crippen molar-refractivity contribution in [3.8, 4) is 11.8 Å². The monoisotopic (exact) mass is 238 g/mol. The molecule has 0 aromatic carbocycles. The molecule has 2 aromatic rings. The summed E-state index contributed by atoms with van der Waals surface area (Å²) in [5.41, 5.74) is 1.82. The molecule has 2 aromatic heterocycles. The lowest BCUT2D eigenvalue weighted by atomic mass is 10.2. The average molecular weight is 238 g/mol. The molecule has 0 N–H and O–H groups in total. The Morgan fingerprint density at radius 3 is 2.50 bits per heavy atom. The van der Waals surface area contributed by atoms with E-state index in [1.807, 2.05) is 12.1 Å². The second-order valence-corrected chi connectivity index (χ2v) is 3.41. The minimum absolute atomic E-state index is 0.249. The molecule has 18 heavy (non-hydrogen) atoms. The zero-order valence-corrected chi connectivity index (χ0v) is 9.75. The second kappa shape index (κ2) is 5.60. The zero-order valence-electron chi connectivity index (χ0n) is 9.75. The van der Waals surface area contributed by atoms with Gasteiger partial charge in [0, 0.05) is 29.7 Å².